The second-order valence-electron chi connectivity index (χ2n) is 5.64. The predicted octanol–water partition coefficient (Wildman–Crippen LogP) is 3.76. The van der Waals surface area contributed by atoms with E-state index in [0.29, 0.717) is 0 Å². The molecule has 0 aromatic heterocycles. The van der Waals surface area contributed by atoms with Crippen molar-refractivity contribution in [3.8, 4) is 0 Å². The van der Waals surface area contributed by atoms with Crippen LogP contribution in [-0.2, 0) is 18.1 Å². The van der Waals surface area contributed by atoms with Crippen LogP contribution in [0.15, 0.2) is 0 Å². The summed E-state index contributed by atoms with van der Waals surface area (Å²) in [6.45, 7) is 6.21. The third-order valence-electron chi connectivity index (χ3n) is 1.59. The molecule has 1 fully saturated rings. The maximum absolute atomic E-state index is 12.6. The Morgan fingerprint density at radius 1 is 1.56 bits per heavy atom. The molecule has 0 saturated carbocycles. The lowest BCUT2D eigenvalue weighted by Gasteiger charge is -2.38. The summed E-state index contributed by atoms with van der Waals surface area (Å²) >= 11 is 0. The Balaban J connectivity index is 3.41. The average molecular weight is 256 g/mol. The minimum atomic E-state index is -4.46. The Bertz CT molecular complexity index is 468. The molecule has 1 saturated heterocycles. The van der Waals surface area contributed by atoms with Gasteiger partial charge in [0, 0.05) is 2.74 Å². The Kier molecular flexibility index (Phi) is 2.28. The Morgan fingerprint density at radius 2 is 2.12 bits per heavy atom. The Hall–Kier alpha value is 0.110. The van der Waals surface area contributed by atoms with Crippen LogP contribution in [0.3, 0.4) is 0 Å². The van der Waals surface area contributed by atoms with Crippen LogP contribution in [0, 0.1) is 5.41 Å². The monoisotopic (exact) mass is 256 g/mol. The highest BCUT2D eigenvalue weighted by Crippen LogP contribution is 2.57. The van der Waals surface area contributed by atoms with E-state index in [9.17, 15) is 4.57 Å². The summed E-state index contributed by atoms with van der Waals surface area (Å²) in [5.74, 6) is 0. The Labute approximate surface area is 105 Å². The molecule has 0 bridgehead atoms. The molecule has 5 heteroatoms. The van der Waals surface area contributed by atoms with Crippen molar-refractivity contribution < 1.29 is 25.0 Å². The van der Waals surface area contributed by atoms with Gasteiger partial charge in [-0.25, -0.2) is 4.57 Å². The lowest BCUT2D eigenvalue weighted by Crippen LogP contribution is -2.34. The van der Waals surface area contributed by atoms with E-state index in [4.69, 9.17) is 20.4 Å². The molecule has 0 N–H and O–H groups in total. The molecule has 0 aliphatic carbocycles. The normalized spacial score (nSPS) is 48.2. The molecule has 0 radical (unpaired) electrons. The van der Waals surface area contributed by atoms with Crippen LogP contribution >= 0.6 is 7.82 Å². The number of hydrogen-bond donors (Lipinski definition) is 0. The number of hydrogen-bond acceptors (Lipinski definition) is 4. The minimum absolute atomic E-state index is 0.978. The molecule has 96 valence electrons. The van der Waals surface area contributed by atoms with Crippen LogP contribution in [0.25, 0.3) is 0 Å². The zero-order chi connectivity index (χ0) is 17.1. The van der Waals surface area contributed by atoms with Gasteiger partial charge in [0.2, 0.25) is 0 Å². The molecule has 1 rings (SSSR count). The van der Waals surface area contributed by atoms with Crippen LogP contribution in [0.4, 0.5) is 0 Å². The molecule has 0 aromatic carbocycles. The topological polar surface area (TPSA) is 44.8 Å². The number of phosphoric acid groups is 1. The highest BCUT2D eigenvalue weighted by molar-refractivity contribution is 7.48. The molecule has 16 heavy (non-hydrogen) atoms. The molecule has 1 aliphatic rings. The third-order valence-corrected chi connectivity index (χ3v) is 3.08. The van der Waals surface area contributed by atoms with Gasteiger partial charge in [-0.05, 0) is 32.6 Å². The minimum Gasteiger partial charge on any atom is -0.287 e. The van der Waals surface area contributed by atoms with Crippen molar-refractivity contribution in [2.45, 2.75) is 59.6 Å². The second-order valence-corrected chi connectivity index (χ2v) is 7.08. The van der Waals surface area contributed by atoms with E-state index >= 15 is 0 Å². The smallest absolute Gasteiger partial charge is 0.287 e. The van der Waals surface area contributed by atoms with Crippen molar-refractivity contribution in [1.82, 2.24) is 0 Å². The molecule has 2 unspecified atom stereocenters. The Morgan fingerprint density at radius 3 is 2.56 bits per heavy atom. The average Bonchev–Trinajstić information content (AvgIpc) is 2.07. The fourth-order valence-corrected chi connectivity index (χ4v) is 2.46. The molecule has 0 aromatic rings. The van der Waals surface area contributed by atoms with E-state index in [1.807, 2.05) is 0 Å². The van der Waals surface area contributed by atoms with Crippen molar-refractivity contribution >= 4 is 7.82 Å². The van der Waals surface area contributed by atoms with Gasteiger partial charge in [-0.3, -0.25) is 13.6 Å². The fourth-order valence-electron chi connectivity index (χ4n) is 0.975. The lowest BCUT2D eigenvalue weighted by atomic mass is 9.87. The summed E-state index contributed by atoms with van der Waals surface area (Å²) in [7, 11) is -4.46. The first-order valence-electron chi connectivity index (χ1n) is 7.59. The molecular formula is C11H23O4P. The standard InChI is InChI=1S/C11H23O4P/c1-10(2,3)9-7-8-13-16(12,14-9)15-11(4,5)6/h9H,7-8H2,1-6H3/i7D2,8T2,9H. The van der Waals surface area contributed by atoms with Gasteiger partial charge in [-0.2, -0.15) is 0 Å². The fraction of sp³-hybridized carbons (Fsp3) is 1.00. The van der Waals surface area contributed by atoms with Gasteiger partial charge in [0.1, 0.15) is 0 Å². The highest BCUT2D eigenvalue weighted by atomic mass is 31.2. The molecule has 0 spiro atoms. The predicted molar refractivity (Wildman–Crippen MR) is 63.3 cm³/mol. The first-order valence-corrected chi connectivity index (χ1v) is 6.55. The van der Waals surface area contributed by atoms with E-state index in [1.165, 1.54) is 20.8 Å². The number of rotatable bonds is 1. The highest BCUT2D eigenvalue weighted by Gasteiger charge is 2.42. The van der Waals surface area contributed by atoms with Crippen molar-refractivity contribution in [2.75, 3.05) is 6.56 Å². The second kappa shape index (κ2) is 4.41. The van der Waals surface area contributed by atoms with Crippen LogP contribution in [0.5, 0.6) is 0 Å². The quantitative estimate of drug-likeness (QED) is 0.670. The van der Waals surface area contributed by atoms with E-state index < -0.39 is 37.9 Å². The van der Waals surface area contributed by atoms with Crippen LogP contribution in [-0.4, -0.2) is 18.2 Å². The zero-order valence-corrected chi connectivity index (χ0v) is 11.5. The van der Waals surface area contributed by atoms with Gasteiger partial charge in [0.15, 0.2) is 0 Å². The molecule has 0 amide bonds. The van der Waals surface area contributed by atoms with Gasteiger partial charge in [0.25, 0.3) is 0 Å². The molecule has 2 atom stereocenters. The van der Waals surface area contributed by atoms with Crippen LogP contribution < -0.4 is 0 Å². The van der Waals surface area contributed by atoms with Gasteiger partial charge in [0.05, 0.1) is 22.4 Å². The summed E-state index contributed by atoms with van der Waals surface area (Å²) in [4.78, 5) is 0. The molecule has 1 aliphatic heterocycles. The maximum Gasteiger partial charge on any atom is 0.475 e. The summed E-state index contributed by atoms with van der Waals surface area (Å²) in [5, 5.41) is 0. The summed E-state index contributed by atoms with van der Waals surface area (Å²) in [6, 6.07) is 0. The van der Waals surface area contributed by atoms with E-state index in [1.54, 1.807) is 20.8 Å². The van der Waals surface area contributed by atoms with E-state index in [0.717, 1.165) is 0 Å². The van der Waals surface area contributed by atoms with Crippen LogP contribution in [0.1, 0.15) is 54.8 Å². The van der Waals surface area contributed by atoms with E-state index in [-0.39, 0.29) is 0 Å². The largest absolute Gasteiger partial charge is 0.475 e. The number of phosphoric ester groups is 1. The SMILES string of the molecule is [1H]C1(C(C)(C)C)OP(=O)(OC(C)(C)C)OC([3H])([3H])C1([2H])[2H]. The summed E-state index contributed by atoms with van der Waals surface area (Å²) in [5.41, 5.74) is -2.15. The lowest BCUT2D eigenvalue weighted by molar-refractivity contribution is -0.0416. The van der Waals surface area contributed by atoms with Crippen molar-refractivity contribution in [3.63, 3.8) is 0 Å². The summed E-state index contributed by atoms with van der Waals surface area (Å²) < 4.78 is 67.3. The van der Waals surface area contributed by atoms with Gasteiger partial charge < -0.3 is 0 Å². The third kappa shape index (κ3) is 4.17. The van der Waals surface area contributed by atoms with E-state index in [2.05, 4.69) is 0 Å². The van der Waals surface area contributed by atoms with Crippen LogP contribution in [0.2, 0.25) is 0 Å². The first-order chi connectivity index (χ1) is 8.87. The van der Waals surface area contributed by atoms with Crippen molar-refractivity contribution in [1.29, 1.82) is 0 Å². The van der Waals surface area contributed by atoms with Gasteiger partial charge >= 0.3 is 7.82 Å². The maximum atomic E-state index is 12.6. The van der Waals surface area contributed by atoms with Crippen molar-refractivity contribution in [3.05, 3.63) is 0 Å². The first kappa shape index (κ1) is 8.25. The van der Waals surface area contributed by atoms with Crippen molar-refractivity contribution in [2.24, 2.45) is 5.41 Å². The van der Waals surface area contributed by atoms with Gasteiger partial charge in [-0.1, -0.05) is 20.8 Å². The molecule has 1 heterocycles. The molecule has 4 nitrogen and oxygen atoms in total. The molecular weight excluding hydrogens is 227 g/mol. The zero-order valence-electron chi connectivity index (χ0n) is 15.6. The summed E-state index contributed by atoms with van der Waals surface area (Å²) in [6.07, 6.45) is -5.31. The van der Waals surface area contributed by atoms with Gasteiger partial charge in [-0.15, -0.1) is 0 Å².